The van der Waals surface area contributed by atoms with Gasteiger partial charge in [0.05, 0.1) is 10.6 Å². The lowest BCUT2D eigenvalue weighted by atomic mass is 10.1. The van der Waals surface area contributed by atoms with Crippen LogP contribution in [-0.2, 0) is 14.8 Å². The second kappa shape index (κ2) is 6.02. The topological polar surface area (TPSA) is 84.5 Å². The maximum atomic E-state index is 12.5. The fraction of sp³-hybridized carbons (Fsp3) is 0.188. The summed E-state index contributed by atoms with van der Waals surface area (Å²) in [5.74, 6) is 0.150. The number of nitrogens with one attached hydrogen (secondary N) is 2. The molecule has 0 saturated heterocycles. The average Bonchev–Trinajstić information content (AvgIpc) is 2.54. The van der Waals surface area contributed by atoms with E-state index >= 15 is 0 Å². The molecule has 3 rings (SSSR count). The highest BCUT2D eigenvalue weighted by atomic mass is 32.2. The number of hydrogen-bond acceptors (Lipinski definition) is 4. The Kier molecular flexibility index (Phi) is 4.06. The van der Waals surface area contributed by atoms with E-state index in [2.05, 4.69) is 10.0 Å². The van der Waals surface area contributed by atoms with Gasteiger partial charge in [0.1, 0.15) is 5.75 Å². The maximum Gasteiger partial charge on any atom is 0.262 e. The third kappa shape index (κ3) is 3.35. The van der Waals surface area contributed by atoms with Crippen molar-refractivity contribution >= 4 is 21.6 Å². The zero-order chi connectivity index (χ0) is 16.4. The normalized spacial score (nSPS) is 15.3. The summed E-state index contributed by atoms with van der Waals surface area (Å²) in [6.07, 6.45) is 0. The standard InChI is InChI=1S/C16H16N2O4S/c1-11(12-5-3-2-4-6-12)18-23(20,21)13-7-8-15-14(9-13)17-16(19)10-22-15/h2-9,11,18H,10H2,1H3,(H,17,19). The molecule has 0 aromatic heterocycles. The van der Waals surface area contributed by atoms with Gasteiger partial charge >= 0.3 is 0 Å². The number of fused-ring (bicyclic) bond motifs is 1. The predicted molar refractivity (Wildman–Crippen MR) is 85.7 cm³/mol. The van der Waals surface area contributed by atoms with Crippen molar-refractivity contribution in [2.24, 2.45) is 0 Å². The summed E-state index contributed by atoms with van der Waals surface area (Å²) in [5, 5.41) is 2.60. The molecule has 0 saturated carbocycles. The number of anilines is 1. The van der Waals surface area contributed by atoms with Crippen LogP contribution in [0.3, 0.4) is 0 Å². The lowest BCUT2D eigenvalue weighted by Crippen LogP contribution is -2.28. The molecule has 7 heteroatoms. The van der Waals surface area contributed by atoms with Crippen LogP contribution in [0, 0.1) is 0 Å². The Hall–Kier alpha value is -2.38. The van der Waals surface area contributed by atoms with Gasteiger partial charge in [-0.25, -0.2) is 13.1 Å². The third-order valence-electron chi connectivity index (χ3n) is 3.53. The van der Waals surface area contributed by atoms with E-state index in [4.69, 9.17) is 4.74 Å². The summed E-state index contributed by atoms with van der Waals surface area (Å²) < 4.78 is 32.9. The van der Waals surface area contributed by atoms with Crippen molar-refractivity contribution < 1.29 is 17.9 Å². The largest absolute Gasteiger partial charge is 0.482 e. The predicted octanol–water partition coefficient (Wildman–Crippen LogP) is 2.06. The second-order valence-electron chi connectivity index (χ2n) is 5.25. The van der Waals surface area contributed by atoms with E-state index in [-0.39, 0.29) is 23.5 Å². The van der Waals surface area contributed by atoms with Gasteiger partial charge in [-0.15, -0.1) is 0 Å². The van der Waals surface area contributed by atoms with Crippen LogP contribution >= 0.6 is 0 Å². The number of rotatable bonds is 4. The molecule has 0 bridgehead atoms. The van der Waals surface area contributed by atoms with E-state index in [1.807, 2.05) is 30.3 Å². The van der Waals surface area contributed by atoms with Crippen LogP contribution < -0.4 is 14.8 Å². The monoisotopic (exact) mass is 332 g/mol. The van der Waals surface area contributed by atoms with Crippen molar-refractivity contribution in [1.29, 1.82) is 0 Å². The number of carbonyl (C=O) groups excluding carboxylic acids is 1. The van der Waals surface area contributed by atoms with Gasteiger partial charge in [-0.05, 0) is 30.7 Å². The first-order chi connectivity index (χ1) is 11.0. The van der Waals surface area contributed by atoms with Gasteiger partial charge in [0.15, 0.2) is 6.61 Å². The van der Waals surface area contributed by atoms with Crippen molar-refractivity contribution in [1.82, 2.24) is 4.72 Å². The molecule has 0 spiro atoms. The van der Waals surface area contributed by atoms with E-state index in [1.54, 1.807) is 6.92 Å². The highest BCUT2D eigenvalue weighted by Crippen LogP contribution is 2.30. The summed E-state index contributed by atoms with van der Waals surface area (Å²) in [7, 11) is -3.72. The van der Waals surface area contributed by atoms with Crippen LogP contribution in [0.2, 0.25) is 0 Å². The summed E-state index contributed by atoms with van der Waals surface area (Å²) in [6.45, 7) is 1.71. The van der Waals surface area contributed by atoms with Crippen LogP contribution in [0.25, 0.3) is 0 Å². The van der Waals surface area contributed by atoms with E-state index in [1.165, 1.54) is 18.2 Å². The van der Waals surface area contributed by atoms with Gasteiger partial charge in [0.25, 0.3) is 5.91 Å². The van der Waals surface area contributed by atoms with Crippen molar-refractivity contribution in [3.05, 3.63) is 54.1 Å². The molecule has 1 aliphatic rings. The fourth-order valence-corrected chi connectivity index (χ4v) is 3.60. The zero-order valence-electron chi connectivity index (χ0n) is 12.4. The molecular weight excluding hydrogens is 316 g/mol. The molecule has 2 aromatic rings. The minimum Gasteiger partial charge on any atom is -0.482 e. The molecule has 1 amide bonds. The van der Waals surface area contributed by atoms with Gasteiger partial charge in [0.2, 0.25) is 10.0 Å². The first-order valence-corrected chi connectivity index (χ1v) is 8.58. The molecule has 1 heterocycles. The molecule has 0 aliphatic carbocycles. The Morgan fingerprint density at radius 1 is 1.17 bits per heavy atom. The van der Waals surface area contributed by atoms with Crippen LogP contribution in [0.5, 0.6) is 5.75 Å². The molecular formula is C16H16N2O4S. The molecule has 2 N–H and O–H groups in total. The van der Waals surface area contributed by atoms with Crippen LogP contribution in [0.1, 0.15) is 18.5 Å². The Morgan fingerprint density at radius 2 is 1.91 bits per heavy atom. The van der Waals surface area contributed by atoms with Gasteiger partial charge in [-0.1, -0.05) is 30.3 Å². The number of ether oxygens (including phenoxy) is 1. The van der Waals surface area contributed by atoms with Crippen LogP contribution in [0.15, 0.2) is 53.4 Å². The van der Waals surface area contributed by atoms with Gasteiger partial charge in [0, 0.05) is 6.04 Å². The fourth-order valence-electron chi connectivity index (χ4n) is 2.34. The summed E-state index contributed by atoms with van der Waals surface area (Å²) in [6, 6.07) is 13.3. The highest BCUT2D eigenvalue weighted by molar-refractivity contribution is 7.89. The quantitative estimate of drug-likeness (QED) is 0.897. The molecule has 2 aromatic carbocycles. The van der Waals surface area contributed by atoms with Crippen molar-refractivity contribution in [3.63, 3.8) is 0 Å². The molecule has 6 nitrogen and oxygen atoms in total. The number of benzene rings is 2. The van der Waals surface area contributed by atoms with E-state index in [9.17, 15) is 13.2 Å². The highest BCUT2D eigenvalue weighted by Gasteiger charge is 2.22. The molecule has 1 unspecified atom stereocenters. The lowest BCUT2D eigenvalue weighted by molar-refractivity contribution is -0.118. The minimum absolute atomic E-state index is 0.0671. The van der Waals surface area contributed by atoms with Crippen molar-refractivity contribution in [2.75, 3.05) is 11.9 Å². The lowest BCUT2D eigenvalue weighted by Gasteiger charge is -2.19. The first kappa shape index (κ1) is 15.5. The SMILES string of the molecule is CC(NS(=O)(=O)c1ccc2c(c1)NC(=O)CO2)c1ccccc1. The third-order valence-corrected chi connectivity index (χ3v) is 5.06. The van der Waals surface area contributed by atoms with Crippen molar-refractivity contribution in [2.45, 2.75) is 17.9 Å². The Bertz CT molecular complexity index is 834. The molecule has 1 atom stereocenters. The van der Waals surface area contributed by atoms with Gasteiger partial charge < -0.3 is 10.1 Å². The number of hydrogen-bond donors (Lipinski definition) is 2. The minimum atomic E-state index is -3.72. The number of sulfonamides is 1. The van der Waals surface area contributed by atoms with E-state index in [0.29, 0.717) is 11.4 Å². The Balaban J connectivity index is 1.85. The van der Waals surface area contributed by atoms with Gasteiger partial charge in [-0.3, -0.25) is 4.79 Å². The molecule has 1 aliphatic heterocycles. The molecule has 0 radical (unpaired) electrons. The van der Waals surface area contributed by atoms with Crippen molar-refractivity contribution in [3.8, 4) is 5.75 Å². The summed E-state index contributed by atoms with van der Waals surface area (Å²) >= 11 is 0. The van der Waals surface area contributed by atoms with Crippen LogP contribution in [0.4, 0.5) is 5.69 Å². The van der Waals surface area contributed by atoms with Gasteiger partial charge in [-0.2, -0.15) is 0 Å². The second-order valence-corrected chi connectivity index (χ2v) is 6.96. The molecule has 23 heavy (non-hydrogen) atoms. The van der Waals surface area contributed by atoms with Crippen LogP contribution in [-0.4, -0.2) is 20.9 Å². The maximum absolute atomic E-state index is 12.5. The summed E-state index contributed by atoms with van der Waals surface area (Å²) in [5.41, 5.74) is 1.22. The number of amides is 1. The molecule has 120 valence electrons. The average molecular weight is 332 g/mol. The van der Waals surface area contributed by atoms with E-state index < -0.39 is 10.0 Å². The zero-order valence-corrected chi connectivity index (χ0v) is 13.3. The number of carbonyl (C=O) groups is 1. The summed E-state index contributed by atoms with van der Waals surface area (Å²) in [4.78, 5) is 11.4. The van der Waals surface area contributed by atoms with E-state index in [0.717, 1.165) is 5.56 Å². The molecule has 0 fully saturated rings. The first-order valence-electron chi connectivity index (χ1n) is 7.10. The smallest absolute Gasteiger partial charge is 0.262 e. The Labute approximate surface area is 134 Å². The Morgan fingerprint density at radius 3 is 2.65 bits per heavy atom.